The van der Waals surface area contributed by atoms with Gasteiger partial charge in [-0.05, 0) is 54.3 Å². The highest BCUT2D eigenvalue weighted by Crippen LogP contribution is 2.51. The van der Waals surface area contributed by atoms with Gasteiger partial charge in [-0.15, -0.1) is 0 Å². The molecule has 6 rings (SSSR count). The zero-order valence-electron chi connectivity index (χ0n) is 17.0. The molecule has 1 aliphatic carbocycles. The van der Waals surface area contributed by atoms with Gasteiger partial charge in [0.1, 0.15) is 5.82 Å². The predicted molar refractivity (Wildman–Crippen MR) is 118 cm³/mol. The smallest absolute Gasteiger partial charge is 0.161 e. The topological polar surface area (TPSA) is 66.0 Å². The van der Waals surface area contributed by atoms with E-state index in [9.17, 15) is 9.18 Å². The van der Waals surface area contributed by atoms with E-state index in [1.807, 2.05) is 24.3 Å². The van der Waals surface area contributed by atoms with Crippen molar-refractivity contribution in [2.24, 2.45) is 5.92 Å². The fourth-order valence-corrected chi connectivity index (χ4v) is 5.53. The Kier molecular flexibility index (Phi) is 4.37. The van der Waals surface area contributed by atoms with Gasteiger partial charge in [0.15, 0.2) is 5.78 Å². The molecule has 2 aromatic carbocycles. The number of carbonyl (C=O) groups is 1. The summed E-state index contributed by atoms with van der Waals surface area (Å²) in [7, 11) is 0. The Labute approximate surface area is 179 Å². The molecule has 0 amide bonds. The van der Waals surface area contributed by atoms with Crippen molar-refractivity contribution in [2.45, 2.75) is 31.2 Å². The molecule has 1 aromatic heterocycles. The third kappa shape index (κ3) is 2.98. The van der Waals surface area contributed by atoms with E-state index < -0.39 is 0 Å². The lowest BCUT2D eigenvalue weighted by molar-refractivity contribution is -0.116. The van der Waals surface area contributed by atoms with Crippen LogP contribution in [0.2, 0.25) is 0 Å². The van der Waals surface area contributed by atoms with Crippen molar-refractivity contribution in [3.8, 4) is 0 Å². The third-order valence-corrected chi connectivity index (χ3v) is 6.87. The van der Waals surface area contributed by atoms with Gasteiger partial charge in [0.25, 0.3) is 0 Å². The van der Waals surface area contributed by atoms with Gasteiger partial charge in [0, 0.05) is 53.3 Å². The first-order valence-electron chi connectivity index (χ1n) is 10.9. The van der Waals surface area contributed by atoms with E-state index in [2.05, 4.69) is 33.3 Å². The number of pyridine rings is 1. The van der Waals surface area contributed by atoms with Crippen molar-refractivity contribution in [1.82, 2.24) is 15.8 Å². The van der Waals surface area contributed by atoms with Crippen molar-refractivity contribution in [3.63, 3.8) is 0 Å². The van der Waals surface area contributed by atoms with Gasteiger partial charge in [0.2, 0.25) is 0 Å². The first kappa shape index (κ1) is 18.7. The minimum atomic E-state index is -0.247. The number of carbonyl (C=O) groups excluding carboxylic acids is 1. The van der Waals surface area contributed by atoms with E-state index in [1.165, 1.54) is 12.1 Å². The van der Waals surface area contributed by atoms with E-state index in [-0.39, 0.29) is 29.5 Å². The number of nitrogens with zero attached hydrogens (tertiary/aromatic N) is 1. The molecule has 3 heterocycles. The standard InChI is InChI=1S/C25H23FN4O/c26-15-8-6-14(7-9-15)25-17(13-28-30-25)23-22-16-3-2-12-27-18(16)10-11-20(22)29-19-4-1-5-21(31)24(19)23/h2-3,6-12,17,23,25,28-30H,1,4-5,13H2. The lowest BCUT2D eigenvalue weighted by Gasteiger charge is -2.38. The lowest BCUT2D eigenvalue weighted by atomic mass is 9.69. The summed E-state index contributed by atoms with van der Waals surface area (Å²) in [4.78, 5) is 17.8. The van der Waals surface area contributed by atoms with Crippen LogP contribution in [0.25, 0.3) is 10.9 Å². The summed E-state index contributed by atoms with van der Waals surface area (Å²) in [5, 5.41) is 4.65. The number of hydrogen-bond acceptors (Lipinski definition) is 5. The van der Waals surface area contributed by atoms with Crippen molar-refractivity contribution >= 4 is 22.4 Å². The van der Waals surface area contributed by atoms with E-state index >= 15 is 0 Å². The second-order valence-electron chi connectivity index (χ2n) is 8.59. The molecule has 0 spiro atoms. The number of fused-ring (bicyclic) bond motifs is 3. The van der Waals surface area contributed by atoms with Crippen LogP contribution >= 0.6 is 0 Å². The monoisotopic (exact) mass is 414 g/mol. The SMILES string of the molecule is O=C1CCCC2=C1C(C1CNNC1c1ccc(F)cc1)c1c(ccc3ncccc13)N2. The second-order valence-corrected chi connectivity index (χ2v) is 8.59. The average molecular weight is 414 g/mol. The number of nitrogens with one attached hydrogen (secondary N) is 3. The number of anilines is 1. The Morgan fingerprint density at radius 2 is 1.90 bits per heavy atom. The summed E-state index contributed by atoms with van der Waals surface area (Å²) in [6, 6.07) is 14.8. The highest BCUT2D eigenvalue weighted by atomic mass is 19.1. The van der Waals surface area contributed by atoms with Gasteiger partial charge in [0.05, 0.1) is 11.6 Å². The summed E-state index contributed by atoms with van der Waals surface area (Å²) in [5.41, 5.74) is 12.8. The molecule has 5 nitrogen and oxygen atoms in total. The normalized spacial score (nSPS) is 25.3. The van der Waals surface area contributed by atoms with Gasteiger partial charge in [-0.2, -0.15) is 0 Å². The Morgan fingerprint density at radius 1 is 1.03 bits per heavy atom. The Balaban J connectivity index is 1.56. The van der Waals surface area contributed by atoms with Crippen LogP contribution in [0.4, 0.5) is 10.1 Å². The number of rotatable bonds is 2. The number of hydrogen-bond donors (Lipinski definition) is 3. The minimum Gasteiger partial charge on any atom is -0.358 e. The Morgan fingerprint density at radius 3 is 2.77 bits per heavy atom. The number of allylic oxidation sites excluding steroid dienone is 2. The number of aromatic nitrogens is 1. The maximum atomic E-state index is 13.6. The minimum absolute atomic E-state index is 0.0352. The fourth-order valence-electron chi connectivity index (χ4n) is 5.53. The zero-order valence-corrected chi connectivity index (χ0v) is 17.0. The molecule has 3 aromatic rings. The summed E-state index contributed by atoms with van der Waals surface area (Å²) in [6.45, 7) is 0.715. The second kappa shape index (κ2) is 7.25. The average Bonchev–Trinajstić information content (AvgIpc) is 3.28. The van der Waals surface area contributed by atoms with Crippen LogP contribution in [-0.4, -0.2) is 17.3 Å². The molecule has 0 radical (unpaired) electrons. The quantitative estimate of drug-likeness (QED) is 0.582. The summed E-state index contributed by atoms with van der Waals surface area (Å²) < 4.78 is 13.6. The molecule has 156 valence electrons. The highest BCUT2D eigenvalue weighted by molar-refractivity contribution is 6.02. The van der Waals surface area contributed by atoms with Crippen molar-refractivity contribution in [3.05, 3.63) is 82.9 Å². The van der Waals surface area contributed by atoms with Crippen LogP contribution in [0, 0.1) is 11.7 Å². The van der Waals surface area contributed by atoms with Crippen molar-refractivity contribution in [2.75, 3.05) is 11.9 Å². The highest BCUT2D eigenvalue weighted by Gasteiger charge is 2.44. The maximum absolute atomic E-state index is 13.6. The van der Waals surface area contributed by atoms with Crippen LogP contribution in [0.15, 0.2) is 66.0 Å². The number of hydrazine groups is 1. The van der Waals surface area contributed by atoms with Gasteiger partial charge >= 0.3 is 0 Å². The Bertz CT molecular complexity index is 1220. The number of Topliss-reactive ketones (excluding diaryl/α,β-unsaturated/α-hetero) is 1. The lowest BCUT2D eigenvalue weighted by Crippen LogP contribution is -2.33. The Hall–Kier alpha value is -3.09. The molecule has 2 aliphatic heterocycles. The van der Waals surface area contributed by atoms with Gasteiger partial charge in [-0.3, -0.25) is 15.2 Å². The first-order valence-corrected chi connectivity index (χ1v) is 10.9. The van der Waals surface area contributed by atoms with Crippen LogP contribution in [0.5, 0.6) is 0 Å². The van der Waals surface area contributed by atoms with E-state index in [0.29, 0.717) is 13.0 Å². The molecule has 1 fully saturated rings. The molecule has 31 heavy (non-hydrogen) atoms. The molecule has 3 unspecified atom stereocenters. The molecule has 3 atom stereocenters. The zero-order chi connectivity index (χ0) is 20.9. The van der Waals surface area contributed by atoms with E-state index in [1.54, 1.807) is 6.20 Å². The number of ketones is 1. The van der Waals surface area contributed by atoms with Crippen LogP contribution in [0.3, 0.4) is 0 Å². The van der Waals surface area contributed by atoms with Gasteiger partial charge < -0.3 is 5.32 Å². The summed E-state index contributed by atoms with van der Waals surface area (Å²) in [5.74, 6) is 0.0201. The molecular weight excluding hydrogens is 391 g/mol. The number of benzene rings is 2. The fraction of sp³-hybridized carbons (Fsp3) is 0.280. The molecule has 3 N–H and O–H groups in total. The van der Waals surface area contributed by atoms with Crippen LogP contribution in [-0.2, 0) is 4.79 Å². The molecule has 0 bridgehead atoms. The van der Waals surface area contributed by atoms with Crippen LogP contribution < -0.4 is 16.2 Å². The first-order chi connectivity index (χ1) is 15.2. The van der Waals surface area contributed by atoms with Gasteiger partial charge in [-0.1, -0.05) is 18.2 Å². The van der Waals surface area contributed by atoms with Crippen molar-refractivity contribution < 1.29 is 9.18 Å². The van der Waals surface area contributed by atoms with Crippen LogP contribution in [0.1, 0.15) is 42.3 Å². The number of halogens is 1. The maximum Gasteiger partial charge on any atom is 0.161 e. The van der Waals surface area contributed by atoms with E-state index in [4.69, 9.17) is 0 Å². The van der Waals surface area contributed by atoms with Gasteiger partial charge in [-0.25, -0.2) is 9.82 Å². The summed E-state index contributed by atoms with van der Waals surface area (Å²) >= 11 is 0. The molecule has 0 saturated carbocycles. The molecule has 6 heteroatoms. The van der Waals surface area contributed by atoms with E-state index in [0.717, 1.165) is 51.8 Å². The molecule has 1 saturated heterocycles. The predicted octanol–water partition coefficient (Wildman–Crippen LogP) is 4.36. The molecular formula is C25H23FN4O. The third-order valence-electron chi connectivity index (χ3n) is 6.87. The van der Waals surface area contributed by atoms with Crippen molar-refractivity contribution in [1.29, 1.82) is 0 Å². The summed E-state index contributed by atoms with van der Waals surface area (Å²) in [6.07, 6.45) is 4.15. The largest absolute Gasteiger partial charge is 0.358 e. The molecule has 3 aliphatic rings.